The molecule has 1 saturated carbocycles. The van der Waals surface area contributed by atoms with Gasteiger partial charge in [0, 0.05) is 35.5 Å². The average Bonchev–Trinajstić information content (AvgIpc) is 3.50. The zero-order valence-electron chi connectivity index (χ0n) is 17.1. The van der Waals surface area contributed by atoms with Gasteiger partial charge in [-0.2, -0.15) is 0 Å². The van der Waals surface area contributed by atoms with Gasteiger partial charge in [0.05, 0.1) is 18.8 Å². The maximum Gasteiger partial charge on any atom is 0.128 e. The third-order valence-corrected chi connectivity index (χ3v) is 7.43. The van der Waals surface area contributed by atoms with Crippen LogP contribution in [0.5, 0.6) is 5.75 Å². The summed E-state index contributed by atoms with van der Waals surface area (Å²) in [7, 11) is 0. The second kappa shape index (κ2) is 7.43. The van der Waals surface area contributed by atoms with E-state index in [4.69, 9.17) is 4.74 Å². The van der Waals surface area contributed by atoms with Crippen LogP contribution >= 0.6 is 0 Å². The van der Waals surface area contributed by atoms with Crippen LogP contribution in [0.1, 0.15) is 62.6 Å². The molecule has 0 spiro atoms. The van der Waals surface area contributed by atoms with Gasteiger partial charge in [0.2, 0.25) is 0 Å². The molecule has 2 N–H and O–H groups in total. The number of nitrogens with zero attached hydrogens (tertiary/aromatic N) is 1. The van der Waals surface area contributed by atoms with Crippen LogP contribution in [-0.4, -0.2) is 52.7 Å². The minimum atomic E-state index is -0.978. The molecule has 1 heterocycles. The second-order valence-corrected chi connectivity index (χ2v) is 9.05. The van der Waals surface area contributed by atoms with Crippen molar-refractivity contribution in [3.05, 3.63) is 28.8 Å². The van der Waals surface area contributed by atoms with E-state index in [9.17, 15) is 15.0 Å². The van der Waals surface area contributed by atoms with Gasteiger partial charge in [0.15, 0.2) is 0 Å². The number of carbonyl (C=O) groups excluding carboxylic acids is 1. The van der Waals surface area contributed by atoms with E-state index in [0.717, 1.165) is 55.0 Å². The molecule has 1 aromatic rings. The largest absolute Gasteiger partial charge is 0.493 e. The molecule has 0 aromatic heterocycles. The lowest BCUT2D eigenvalue weighted by Crippen LogP contribution is -2.70. The van der Waals surface area contributed by atoms with Gasteiger partial charge in [0.25, 0.3) is 0 Å². The Labute approximate surface area is 167 Å². The third-order valence-electron chi connectivity index (χ3n) is 7.43. The Bertz CT molecular complexity index is 746. The molecule has 2 fully saturated rings. The van der Waals surface area contributed by atoms with Gasteiger partial charge in [-0.1, -0.05) is 19.1 Å². The van der Waals surface area contributed by atoms with Crippen molar-refractivity contribution in [3.63, 3.8) is 0 Å². The number of aliphatic hydroxyl groups excluding tert-OH is 1. The topological polar surface area (TPSA) is 70.0 Å². The first-order chi connectivity index (χ1) is 13.5. The van der Waals surface area contributed by atoms with Crippen LogP contribution in [0, 0.1) is 5.92 Å². The highest BCUT2D eigenvalue weighted by Crippen LogP contribution is 2.56. The summed E-state index contributed by atoms with van der Waals surface area (Å²) < 4.78 is 6.03. The Morgan fingerprint density at radius 2 is 2.14 bits per heavy atom. The molecule has 1 saturated heterocycles. The molecule has 0 radical (unpaired) electrons. The first kappa shape index (κ1) is 19.9. The van der Waals surface area contributed by atoms with E-state index in [-0.39, 0.29) is 12.6 Å². The Morgan fingerprint density at radius 3 is 2.79 bits per heavy atom. The van der Waals surface area contributed by atoms with Crippen molar-refractivity contribution < 1.29 is 19.7 Å². The summed E-state index contributed by atoms with van der Waals surface area (Å²) in [5.41, 5.74) is 1.57. The minimum absolute atomic E-state index is 0.0220. The van der Waals surface area contributed by atoms with Gasteiger partial charge in [0.1, 0.15) is 12.0 Å². The van der Waals surface area contributed by atoms with Gasteiger partial charge in [-0.25, -0.2) is 0 Å². The van der Waals surface area contributed by atoms with Crippen LogP contribution in [0.25, 0.3) is 0 Å². The fraction of sp³-hybridized carbons (Fsp3) is 0.696. The fourth-order valence-electron chi connectivity index (χ4n) is 5.70. The maximum absolute atomic E-state index is 12.1. The predicted octanol–water partition coefficient (Wildman–Crippen LogP) is 2.59. The number of benzene rings is 1. The number of hydrogen-bond donors (Lipinski definition) is 2. The normalized spacial score (nSPS) is 32.1. The molecular formula is C23H33NO4. The van der Waals surface area contributed by atoms with E-state index in [2.05, 4.69) is 17.9 Å². The summed E-state index contributed by atoms with van der Waals surface area (Å²) in [4.78, 5) is 13.7. The minimum Gasteiger partial charge on any atom is -0.493 e. The number of fused-ring (bicyclic) bond motifs is 4. The van der Waals surface area contributed by atoms with Crippen LogP contribution in [0.15, 0.2) is 12.1 Å². The Kier molecular flexibility index (Phi) is 5.27. The second-order valence-electron chi connectivity index (χ2n) is 9.05. The van der Waals surface area contributed by atoms with Crippen LogP contribution < -0.4 is 4.74 Å². The van der Waals surface area contributed by atoms with Crippen molar-refractivity contribution in [1.82, 2.24) is 4.90 Å². The summed E-state index contributed by atoms with van der Waals surface area (Å²) in [5.74, 6) is 1.50. The van der Waals surface area contributed by atoms with Gasteiger partial charge >= 0.3 is 0 Å². The number of aldehydes is 1. The van der Waals surface area contributed by atoms with Crippen LogP contribution in [-0.2, 0) is 23.2 Å². The lowest BCUT2D eigenvalue weighted by molar-refractivity contribution is -0.149. The number of ether oxygens (including phenoxy) is 1. The van der Waals surface area contributed by atoms with Gasteiger partial charge < -0.3 is 19.7 Å². The molecule has 4 rings (SSSR count). The summed E-state index contributed by atoms with van der Waals surface area (Å²) in [5, 5.41) is 22.0. The van der Waals surface area contributed by atoms with Crippen molar-refractivity contribution in [1.29, 1.82) is 0 Å². The summed E-state index contributed by atoms with van der Waals surface area (Å²) in [6.45, 7) is 6.53. The molecule has 3 aliphatic rings. The molecule has 5 nitrogen and oxygen atoms in total. The van der Waals surface area contributed by atoms with Crippen molar-refractivity contribution >= 4 is 6.29 Å². The summed E-state index contributed by atoms with van der Waals surface area (Å²) in [6, 6.07) is 4.09. The van der Waals surface area contributed by atoms with Gasteiger partial charge in [-0.15, -0.1) is 0 Å². The molecular weight excluding hydrogens is 354 g/mol. The number of aliphatic hydroxyl groups is 2. The van der Waals surface area contributed by atoms with E-state index in [1.165, 1.54) is 18.4 Å². The molecule has 2 aliphatic carbocycles. The number of rotatable bonds is 8. The molecule has 3 atom stereocenters. The molecule has 28 heavy (non-hydrogen) atoms. The lowest BCUT2D eigenvalue weighted by Gasteiger charge is -2.61. The van der Waals surface area contributed by atoms with Crippen LogP contribution in [0.4, 0.5) is 0 Å². The molecule has 0 amide bonds. The smallest absolute Gasteiger partial charge is 0.128 e. The monoisotopic (exact) mass is 387 g/mol. The highest BCUT2D eigenvalue weighted by atomic mass is 16.5. The highest BCUT2D eigenvalue weighted by molar-refractivity contribution is 5.56. The van der Waals surface area contributed by atoms with Crippen molar-refractivity contribution in [2.75, 3.05) is 19.7 Å². The average molecular weight is 388 g/mol. The van der Waals surface area contributed by atoms with Crippen LogP contribution in [0.2, 0.25) is 0 Å². The van der Waals surface area contributed by atoms with Crippen molar-refractivity contribution in [3.8, 4) is 5.75 Å². The first-order valence-corrected chi connectivity index (χ1v) is 10.8. The zero-order valence-corrected chi connectivity index (χ0v) is 17.1. The number of carbonyl (C=O) groups is 1. The van der Waals surface area contributed by atoms with Gasteiger partial charge in [-0.05, 0) is 57.1 Å². The molecule has 1 aromatic carbocycles. The Balaban J connectivity index is 1.84. The SMILES string of the molecule is CCOc1c(CO)ccc2c1[C@]1(C)CCN(CC3CC3)[C@H](C2)[C@]1(O)CCC=O. The van der Waals surface area contributed by atoms with E-state index in [1.54, 1.807) is 0 Å². The Hall–Kier alpha value is -1.43. The molecule has 5 heteroatoms. The number of piperidine rings is 1. The molecule has 2 bridgehead atoms. The lowest BCUT2D eigenvalue weighted by atomic mass is 9.54. The Morgan fingerprint density at radius 1 is 1.36 bits per heavy atom. The zero-order chi connectivity index (χ0) is 19.9. The van der Waals surface area contributed by atoms with Crippen molar-refractivity contribution in [2.24, 2.45) is 5.92 Å². The van der Waals surface area contributed by atoms with Crippen molar-refractivity contribution in [2.45, 2.75) is 76.0 Å². The van der Waals surface area contributed by atoms with E-state index in [0.29, 0.717) is 19.4 Å². The molecule has 0 unspecified atom stereocenters. The van der Waals surface area contributed by atoms with E-state index in [1.807, 2.05) is 13.0 Å². The molecule has 154 valence electrons. The molecule has 1 aliphatic heterocycles. The number of hydrogen-bond acceptors (Lipinski definition) is 5. The maximum atomic E-state index is 12.1. The highest BCUT2D eigenvalue weighted by Gasteiger charge is 2.61. The first-order valence-electron chi connectivity index (χ1n) is 10.8. The third kappa shape index (κ3) is 2.99. The standard InChI is InChI=1S/C23H33NO4/c1-3-28-21-18(15-26)8-7-17-13-19-23(27,9-4-12-25)22(2,20(17)21)10-11-24(19)14-16-5-6-16/h7-8,12,16,19,26-27H,3-6,9-11,13-15H2,1-2H3/t19-,22+,23-/m1/s1. The van der Waals surface area contributed by atoms with E-state index >= 15 is 0 Å². The summed E-state index contributed by atoms with van der Waals surface area (Å²) >= 11 is 0. The predicted molar refractivity (Wildman–Crippen MR) is 108 cm³/mol. The number of likely N-dealkylation sites (tertiary alicyclic amines) is 1. The summed E-state index contributed by atoms with van der Waals surface area (Å²) in [6.07, 6.45) is 5.92. The van der Waals surface area contributed by atoms with Crippen LogP contribution in [0.3, 0.4) is 0 Å². The van der Waals surface area contributed by atoms with Gasteiger partial charge in [-0.3, -0.25) is 4.90 Å². The quantitative estimate of drug-likeness (QED) is 0.671. The van der Waals surface area contributed by atoms with E-state index < -0.39 is 11.0 Å². The fourth-order valence-corrected chi connectivity index (χ4v) is 5.70.